The van der Waals surface area contributed by atoms with E-state index in [1.54, 1.807) is 39.8 Å². The Morgan fingerprint density at radius 3 is 1.20 bits per heavy atom. The van der Waals surface area contributed by atoms with Crippen LogP contribution in [0.5, 0.6) is 0 Å². The molecule has 0 radical (unpaired) electrons. The van der Waals surface area contributed by atoms with E-state index in [1.807, 2.05) is 135 Å². The number of carbonyl (C=O) groups excluding carboxylic acids is 7. The number of nitrogen functional groups attached to an aromatic ring is 2. The Labute approximate surface area is 760 Å². The molecule has 2 heterocycles. The van der Waals surface area contributed by atoms with Crippen LogP contribution in [0.25, 0.3) is 0 Å². The van der Waals surface area contributed by atoms with Crippen LogP contribution in [-0.4, -0.2) is 172 Å². The molecular formula is C105H119F3N4O19. The smallest absolute Gasteiger partial charge is 0.193 e. The molecule has 20 rings (SSSR count). The Bertz CT molecular complexity index is 5490. The van der Waals surface area contributed by atoms with E-state index in [9.17, 15) is 74.4 Å². The molecule has 131 heavy (non-hydrogen) atoms. The zero-order valence-corrected chi connectivity index (χ0v) is 73.9. The van der Waals surface area contributed by atoms with Gasteiger partial charge in [0, 0.05) is 101 Å². The Hall–Kier alpha value is -10.0. The van der Waals surface area contributed by atoms with Crippen molar-refractivity contribution in [2.75, 3.05) is 41.9 Å². The monoisotopic (exact) mass is 1800 g/mol. The van der Waals surface area contributed by atoms with Gasteiger partial charge in [-0.3, -0.25) is 33.6 Å². The van der Waals surface area contributed by atoms with Crippen molar-refractivity contribution in [1.82, 2.24) is 0 Å². The van der Waals surface area contributed by atoms with E-state index in [0.717, 1.165) is 41.0 Å². The number of hydrogen-bond acceptors (Lipinski definition) is 23. The number of Topliss-reactive ketones (excluding diaryl/α,β-unsaturated/α-hetero) is 3. The highest BCUT2D eigenvalue weighted by Gasteiger charge is 2.83. The molecule has 2 aliphatic heterocycles. The number of nitrogens with one attached hydrogen (secondary N) is 2. The summed E-state index contributed by atoms with van der Waals surface area (Å²) in [5.74, 6) is -5.66. The topological polar surface area (TPSA) is 394 Å². The maximum Gasteiger partial charge on any atom is 0.193 e. The number of aliphatic hydroxyl groups excluding tert-OH is 7. The van der Waals surface area contributed by atoms with E-state index in [4.69, 9.17) is 30.4 Å². The number of ketones is 6. The van der Waals surface area contributed by atoms with Gasteiger partial charge in [0.1, 0.15) is 26.1 Å². The number of anilines is 6. The average Bonchev–Trinajstić information content (AvgIpc) is 1.53. The summed E-state index contributed by atoms with van der Waals surface area (Å²) in [6, 6.07) is 46.0. The van der Waals surface area contributed by atoms with Crippen LogP contribution < -0.4 is 22.1 Å². The van der Waals surface area contributed by atoms with Gasteiger partial charge in [-0.2, -0.15) is 0 Å². The maximum absolute atomic E-state index is 17.5. The standard InChI is InChI=1S/2C34H37FN2O6.C21H27FO6.C15H14O.CH4/c2*1-31-13-12-24(39)14-20(31)8-11-25-26-16-29-34(28(41)18-38,32(26,2)17-27(40)33(25,31)35)43-30(42-29)19-6-9-22(10-7-19)37-23-5-3-4-21(36)15-23;1-18-6-5-12(24)7-11(18)3-4-13-14-8-15(25)21(28,17(27)10-23)19(14,2)9-16(26)20(13,18)22;1-12-3-2-4-15(9-12)10-13-5-7-14(11-16)8-6-13;/h2*3-7,9-10,12-15,25-27,29-30,37-38,40H,8,11,16-18,36H2,1-2H3;5-7,13-16,23,25-26,28H,3-4,8-10H2,1-2H3;2-9,11H,10H2,1H3;1H4/t25-,26-,27-,29+,30+,31-,32-,33-,34+;25-,26-,27-,29+,30-,31-,32-,33-,34+;13-,14-,15+,16-,18-,19-,20-,21-;;/m000../s1. The third kappa shape index (κ3) is 14.3. The zero-order valence-electron chi connectivity index (χ0n) is 73.9. The molecular weight excluding hydrogens is 1680 g/mol. The molecule has 26 atom stereocenters. The number of hydrogen-bond donors (Lipinski definition) is 12. The Morgan fingerprint density at radius 1 is 0.458 bits per heavy atom. The quantitative estimate of drug-likeness (QED) is 0.0335. The number of alkyl halides is 3. The van der Waals surface area contributed by atoms with Crippen LogP contribution in [0.2, 0.25) is 0 Å². The van der Waals surface area contributed by atoms with E-state index in [1.165, 1.54) is 59.2 Å². The van der Waals surface area contributed by atoms with Crippen molar-refractivity contribution in [3.63, 3.8) is 0 Å². The first-order chi connectivity index (χ1) is 61.7. The summed E-state index contributed by atoms with van der Waals surface area (Å²) in [6.07, 6.45) is 9.21. The van der Waals surface area contributed by atoms with E-state index in [-0.39, 0.29) is 62.3 Å². The predicted molar refractivity (Wildman–Crippen MR) is 485 cm³/mol. The second kappa shape index (κ2) is 34.1. The van der Waals surface area contributed by atoms with Gasteiger partial charge in [-0.15, -0.1) is 0 Å². The van der Waals surface area contributed by atoms with Crippen LogP contribution in [0.1, 0.15) is 177 Å². The second-order valence-electron chi connectivity index (χ2n) is 39.9. The van der Waals surface area contributed by atoms with Crippen LogP contribution in [-0.2, 0) is 54.1 Å². The van der Waals surface area contributed by atoms with Crippen molar-refractivity contribution < 1.29 is 107 Å². The minimum absolute atomic E-state index is 0. The van der Waals surface area contributed by atoms with Crippen molar-refractivity contribution in [2.45, 2.75) is 222 Å². The molecule has 12 aliphatic carbocycles. The summed E-state index contributed by atoms with van der Waals surface area (Å²) < 4.78 is 77.9. The molecule has 23 nitrogen and oxygen atoms in total. The lowest BCUT2D eigenvalue weighted by molar-refractivity contribution is -0.231. The molecule has 14 N–H and O–H groups in total. The van der Waals surface area contributed by atoms with Gasteiger partial charge < -0.3 is 81.9 Å². The van der Waals surface area contributed by atoms with E-state index in [2.05, 4.69) is 41.8 Å². The molecule has 26 heteroatoms. The highest BCUT2D eigenvalue weighted by atomic mass is 19.2. The fraction of sp³-hybridized carbons (Fsp3) is 0.476. The van der Waals surface area contributed by atoms with Gasteiger partial charge in [0.2, 0.25) is 0 Å². The molecule has 2 saturated heterocycles. The van der Waals surface area contributed by atoms with Crippen LogP contribution in [0, 0.1) is 74.9 Å². The van der Waals surface area contributed by atoms with Crippen molar-refractivity contribution >= 4 is 75.1 Å². The predicted octanol–water partition coefficient (Wildman–Crippen LogP) is 14.1. The number of nitrogens with two attached hydrogens (primary N) is 2. The lowest BCUT2D eigenvalue weighted by Crippen LogP contribution is -2.69. The van der Waals surface area contributed by atoms with Gasteiger partial charge in [0.05, 0.1) is 36.6 Å². The number of rotatable bonds is 15. The van der Waals surface area contributed by atoms with Gasteiger partial charge in [0.25, 0.3) is 0 Å². The fourth-order valence-electron chi connectivity index (χ4n) is 27.1. The molecule has 0 aromatic heterocycles. The number of allylic oxidation sites excluding steroid dienone is 12. The number of carbonyl (C=O) groups is 7. The molecule has 6 aromatic rings. The van der Waals surface area contributed by atoms with Gasteiger partial charge in [-0.05, 0) is 237 Å². The van der Waals surface area contributed by atoms with Gasteiger partial charge in [-0.1, -0.05) is 154 Å². The number of aliphatic hydroxyl groups is 8. The average molecular weight is 1800 g/mol. The number of aldehydes is 1. The summed E-state index contributed by atoms with van der Waals surface area (Å²) in [4.78, 5) is 86.4. The minimum atomic E-state index is -2.23. The number of fused-ring (bicyclic) bond motifs is 19. The van der Waals surface area contributed by atoms with Crippen molar-refractivity contribution in [3.8, 4) is 0 Å². The van der Waals surface area contributed by atoms with Gasteiger partial charge in [0.15, 0.2) is 81.1 Å². The number of ether oxygens (including phenoxy) is 4. The molecule has 0 bridgehead atoms. The summed E-state index contributed by atoms with van der Waals surface area (Å²) >= 11 is 0. The largest absolute Gasteiger partial charge is 0.399 e. The third-order valence-electron chi connectivity index (χ3n) is 33.6. The summed E-state index contributed by atoms with van der Waals surface area (Å²) in [6.45, 7) is 10.2. The Balaban J connectivity index is 0.000000134. The highest BCUT2D eigenvalue weighted by molar-refractivity contribution is 6.03. The molecule has 0 amide bonds. The first kappa shape index (κ1) is 94.2. The van der Waals surface area contributed by atoms with Crippen molar-refractivity contribution in [1.29, 1.82) is 0 Å². The summed E-state index contributed by atoms with van der Waals surface area (Å²) in [7, 11) is 0. The second-order valence-corrected chi connectivity index (χ2v) is 39.9. The molecule has 694 valence electrons. The van der Waals surface area contributed by atoms with E-state index >= 15 is 13.2 Å². The molecule has 14 aliphatic rings. The normalized spacial score (nSPS) is 39.4. The zero-order chi connectivity index (χ0) is 92.8. The lowest BCUT2D eigenvalue weighted by atomic mass is 9.44. The van der Waals surface area contributed by atoms with Crippen molar-refractivity contribution in [2.24, 2.45) is 68.0 Å². The first-order valence-electron chi connectivity index (χ1n) is 45.1. The van der Waals surface area contributed by atoms with Gasteiger partial charge >= 0.3 is 0 Å². The minimum Gasteiger partial charge on any atom is -0.399 e. The van der Waals surface area contributed by atoms with E-state index in [0.29, 0.717) is 90.6 Å². The maximum atomic E-state index is 17.5. The van der Waals surface area contributed by atoms with Gasteiger partial charge in [-0.25, -0.2) is 13.2 Å². The molecule has 0 unspecified atom stereocenters. The molecule has 6 aromatic carbocycles. The number of benzene rings is 6. The highest BCUT2D eigenvalue weighted by Crippen LogP contribution is 2.76. The Kier molecular flexibility index (Phi) is 24.5. The lowest BCUT2D eigenvalue weighted by Gasteiger charge is -2.62. The SMILES string of the molecule is C.C[C@]12C=CC(=O)C=C1CC[C@H]1[C@@H]3C[C@@H](O)[C@](O)(C(=O)CO)[C@@]3(C)C[C@H](O)[C@@]12F.C[C@]12C=CC(=O)C=C1CC[C@H]1[C@@H]3C[C@H]4O[C@@H](c5ccc(Nc6cccc(N)c6)cc5)O[C@@]4(C(=O)CO)[C@@]3(C)C[C@H](O)[C@@]12F.C[C@]12C=CC(=O)C=C1CC[C@H]1[C@@H]3C[C@H]4O[C@H](c5ccc(Nc6cccc(N)c6)cc5)O[C@@]4(C(=O)CO)[C@@]3(C)C[C@H](O)[C@@]12F.Cc1cccc(Cc2ccc(C=O)cc2)c1. The molecule has 11 fully saturated rings. The number of aryl methyl sites for hydroxylation is 1. The van der Waals surface area contributed by atoms with Crippen LogP contribution in [0.4, 0.5) is 47.3 Å². The molecule has 0 spiro atoms. The van der Waals surface area contributed by atoms with Crippen LogP contribution in [0.15, 0.2) is 217 Å². The van der Waals surface area contributed by atoms with Crippen LogP contribution >= 0.6 is 0 Å². The third-order valence-corrected chi connectivity index (χ3v) is 33.6. The van der Waals surface area contributed by atoms with Crippen molar-refractivity contribution in [3.05, 3.63) is 250 Å². The number of halogens is 3. The Morgan fingerprint density at radius 2 is 0.832 bits per heavy atom. The fourth-order valence-corrected chi connectivity index (χ4v) is 27.1. The summed E-state index contributed by atoms with van der Waals surface area (Å²) in [5, 5.41) is 92.4. The van der Waals surface area contributed by atoms with E-state index < -0.39 is 176 Å². The van der Waals surface area contributed by atoms with Crippen LogP contribution in [0.3, 0.4) is 0 Å². The molecule has 9 saturated carbocycles. The first-order valence-corrected chi connectivity index (χ1v) is 45.1. The summed E-state index contributed by atoms with van der Waals surface area (Å²) in [5.41, 5.74) is 6.21.